The number of hydrogen-bond acceptors (Lipinski definition) is 1. The van der Waals surface area contributed by atoms with Crippen LogP contribution < -0.4 is 15.2 Å². The molecule has 0 radical (unpaired) electrons. The highest BCUT2D eigenvalue weighted by atomic mass is 16.5. The van der Waals surface area contributed by atoms with Crippen LogP contribution in [-0.2, 0) is 12.8 Å². The van der Waals surface area contributed by atoms with Crippen molar-refractivity contribution >= 4 is 34.7 Å². The first-order chi connectivity index (χ1) is 10.6. The molecule has 110 valence electrons. The van der Waals surface area contributed by atoms with Gasteiger partial charge in [0.2, 0.25) is 0 Å². The summed E-state index contributed by atoms with van der Waals surface area (Å²) in [5.74, 6) is 1.58. The van der Waals surface area contributed by atoms with Gasteiger partial charge in [-0.15, -0.1) is 0 Å². The van der Waals surface area contributed by atoms with E-state index >= 15 is 0 Å². The largest absolute Gasteiger partial charge is 0.497 e. The predicted molar refractivity (Wildman–Crippen MR) is 94.9 cm³/mol. The molecule has 1 unspecified atom stereocenters. The first-order valence-electron chi connectivity index (χ1n) is 7.82. The van der Waals surface area contributed by atoms with Crippen molar-refractivity contribution in [3.05, 3.63) is 51.9 Å². The number of hydrogen-bond donors (Lipinski definition) is 0. The van der Waals surface area contributed by atoms with Gasteiger partial charge < -0.3 is 4.74 Å². The van der Waals surface area contributed by atoms with Crippen molar-refractivity contribution in [2.45, 2.75) is 19.8 Å². The normalized spacial score (nSPS) is 17.1. The Morgan fingerprint density at radius 3 is 2.45 bits per heavy atom. The first kappa shape index (κ1) is 13.4. The van der Waals surface area contributed by atoms with Gasteiger partial charge in [-0.05, 0) is 74.0 Å². The molecular formula is C21H20O. The molecule has 22 heavy (non-hydrogen) atoms. The second kappa shape index (κ2) is 4.61. The highest BCUT2D eigenvalue weighted by Crippen LogP contribution is 2.33. The molecule has 0 aromatic heterocycles. The van der Waals surface area contributed by atoms with Crippen LogP contribution in [0.2, 0.25) is 0 Å². The van der Waals surface area contributed by atoms with Crippen LogP contribution in [0.3, 0.4) is 0 Å². The molecule has 1 atom stereocenters. The fraction of sp³-hybridized carbons (Fsp3) is 0.238. The first-order valence-corrected chi connectivity index (χ1v) is 7.82. The maximum Gasteiger partial charge on any atom is 0.119 e. The predicted octanol–water partition coefficient (Wildman–Crippen LogP) is 3.56. The minimum atomic E-state index is 0.696. The smallest absolute Gasteiger partial charge is 0.119 e. The number of fused-ring (bicyclic) bond motifs is 5. The molecule has 3 aromatic carbocycles. The molecule has 0 amide bonds. The highest BCUT2D eigenvalue weighted by Gasteiger charge is 2.22. The molecule has 1 heteroatoms. The Bertz CT molecular complexity index is 1010. The highest BCUT2D eigenvalue weighted by molar-refractivity contribution is 6.09. The lowest BCUT2D eigenvalue weighted by molar-refractivity contribution is 0.415. The molecule has 0 spiro atoms. The molecule has 1 nitrogen and oxygen atoms in total. The van der Waals surface area contributed by atoms with Gasteiger partial charge in [0.15, 0.2) is 0 Å². The summed E-state index contributed by atoms with van der Waals surface area (Å²) in [6, 6.07) is 10.7. The van der Waals surface area contributed by atoms with E-state index in [1.54, 1.807) is 7.11 Å². The molecular weight excluding hydrogens is 268 g/mol. The molecule has 1 aliphatic carbocycles. The molecule has 0 heterocycles. The van der Waals surface area contributed by atoms with Crippen LogP contribution in [0.5, 0.6) is 5.75 Å². The maximum atomic E-state index is 5.41. The van der Waals surface area contributed by atoms with Crippen LogP contribution in [0, 0.1) is 5.92 Å². The second-order valence-corrected chi connectivity index (χ2v) is 6.50. The van der Waals surface area contributed by atoms with Gasteiger partial charge in [0.05, 0.1) is 7.11 Å². The Morgan fingerprint density at radius 1 is 0.955 bits per heavy atom. The minimum Gasteiger partial charge on any atom is -0.497 e. The van der Waals surface area contributed by atoms with Crippen LogP contribution in [0.25, 0.3) is 34.7 Å². The summed E-state index contributed by atoms with van der Waals surface area (Å²) in [5, 5.41) is 7.23. The lowest BCUT2D eigenvalue weighted by Crippen LogP contribution is -2.27. The average Bonchev–Trinajstić information content (AvgIpc) is 2.93. The maximum absolute atomic E-state index is 5.41. The van der Waals surface area contributed by atoms with Crippen LogP contribution in [0.15, 0.2) is 30.3 Å². The van der Waals surface area contributed by atoms with Crippen molar-refractivity contribution in [1.82, 2.24) is 0 Å². The van der Waals surface area contributed by atoms with Gasteiger partial charge in [0, 0.05) is 0 Å². The van der Waals surface area contributed by atoms with Crippen molar-refractivity contribution in [1.29, 1.82) is 0 Å². The summed E-state index contributed by atoms with van der Waals surface area (Å²) >= 11 is 0. The monoisotopic (exact) mass is 288 g/mol. The Labute approximate surface area is 130 Å². The third kappa shape index (κ3) is 1.72. The number of rotatable bonds is 1. The van der Waals surface area contributed by atoms with E-state index in [-0.39, 0.29) is 0 Å². The minimum absolute atomic E-state index is 0.696. The Balaban J connectivity index is 2.24. The summed E-state index contributed by atoms with van der Waals surface area (Å²) in [7, 11) is 1.71. The Kier molecular flexibility index (Phi) is 2.80. The van der Waals surface area contributed by atoms with E-state index in [9.17, 15) is 0 Å². The quantitative estimate of drug-likeness (QED) is 0.622. The number of ether oxygens (including phenoxy) is 1. The second-order valence-electron chi connectivity index (χ2n) is 6.50. The molecule has 0 bridgehead atoms. The van der Waals surface area contributed by atoms with E-state index in [2.05, 4.69) is 44.3 Å². The van der Waals surface area contributed by atoms with Gasteiger partial charge >= 0.3 is 0 Å². The van der Waals surface area contributed by atoms with E-state index < -0.39 is 0 Å². The van der Waals surface area contributed by atoms with Gasteiger partial charge in [0.25, 0.3) is 0 Å². The molecule has 0 N–H and O–H groups in total. The number of benzene rings is 3. The van der Waals surface area contributed by atoms with Crippen LogP contribution in [-0.4, -0.2) is 7.11 Å². The molecule has 0 fully saturated rings. The van der Waals surface area contributed by atoms with Gasteiger partial charge in [-0.25, -0.2) is 0 Å². The van der Waals surface area contributed by atoms with Crippen molar-refractivity contribution in [2.24, 2.45) is 5.92 Å². The lowest BCUT2D eigenvalue weighted by Gasteiger charge is -2.12. The molecule has 0 saturated heterocycles. The summed E-state index contributed by atoms with van der Waals surface area (Å²) in [4.78, 5) is 0. The van der Waals surface area contributed by atoms with Crippen molar-refractivity contribution in [2.75, 3.05) is 7.11 Å². The van der Waals surface area contributed by atoms with E-state index in [1.807, 2.05) is 6.07 Å². The van der Waals surface area contributed by atoms with Crippen molar-refractivity contribution < 1.29 is 4.74 Å². The molecule has 3 aromatic rings. The zero-order valence-corrected chi connectivity index (χ0v) is 13.2. The van der Waals surface area contributed by atoms with Gasteiger partial charge in [-0.3, -0.25) is 0 Å². The topological polar surface area (TPSA) is 9.23 Å². The standard InChI is InChI=1S/C21H20O/c1-12-9-18-13(2)14(3)21-17(20(18)10-12)8-6-15-5-7-16(22-4)11-19(15)21/h5-8,11-12H,2-3,9-10H2,1,4H3. The van der Waals surface area contributed by atoms with Crippen LogP contribution in [0.4, 0.5) is 0 Å². The zero-order chi connectivity index (χ0) is 15.4. The number of methoxy groups -OCH3 is 1. The fourth-order valence-corrected chi connectivity index (χ4v) is 3.93. The van der Waals surface area contributed by atoms with E-state index in [0.717, 1.165) is 29.0 Å². The van der Waals surface area contributed by atoms with Gasteiger partial charge in [-0.1, -0.05) is 38.3 Å². The molecule has 4 rings (SSSR count). The zero-order valence-electron chi connectivity index (χ0n) is 13.2. The van der Waals surface area contributed by atoms with Crippen LogP contribution >= 0.6 is 0 Å². The van der Waals surface area contributed by atoms with Crippen molar-refractivity contribution in [3.8, 4) is 5.75 Å². The van der Waals surface area contributed by atoms with Crippen molar-refractivity contribution in [3.63, 3.8) is 0 Å². The van der Waals surface area contributed by atoms with Gasteiger partial charge in [0.1, 0.15) is 5.75 Å². The SMILES string of the molecule is C=c1c2c(c3ccc4ccc(OC)cc4c3c1=C)CC(C)C2. The van der Waals surface area contributed by atoms with E-state index in [4.69, 9.17) is 4.74 Å². The lowest BCUT2D eigenvalue weighted by atomic mass is 9.93. The fourth-order valence-electron chi connectivity index (χ4n) is 3.93. The summed E-state index contributed by atoms with van der Waals surface area (Å²) in [6.45, 7) is 11.0. The Morgan fingerprint density at radius 2 is 1.68 bits per heavy atom. The van der Waals surface area contributed by atoms with Crippen LogP contribution in [0.1, 0.15) is 18.1 Å². The summed E-state index contributed by atoms with van der Waals surface area (Å²) < 4.78 is 5.41. The Hall–Kier alpha value is -2.28. The summed E-state index contributed by atoms with van der Waals surface area (Å²) in [5.41, 5.74) is 2.90. The van der Waals surface area contributed by atoms with E-state index in [0.29, 0.717) is 5.92 Å². The third-order valence-corrected chi connectivity index (χ3v) is 5.05. The van der Waals surface area contributed by atoms with Gasteiger partial charge in [-0.2, -0.15) is 0 Å². The molecule has 0 saturated carbocycles. The van der Waals surface area contributed by atoms with E-state index in [1.165, 1.54) is 32.7 Å². The molecule has 1 aliphatic rings. The summed E-state index contributed by atoms with van der Waals surface area (Å²) in [6.07, 6.45) is 2.27. The third-order valence-electron chi connectivity index (χ3n) is 5.05. The molecule has 0 aliphatic heterocycles. The average molecular weight is 288 g/mol.